The fraction of sp³-hybridized carbons (Fsp3) is 0.429. The predicted octanol–water partition coefficient (Wildman–Crippen LogP) is 6.92. The van der Waals surface area contributed by atoms with E-state index in [9.17, 15) is 9.90 Å². The molecule has 0 aliphatic carbocycles. The summed E-state index contributed by atoms with van der Waals surface area (Å²) in [6.45, 7) is 5.54. The van der Waals surface area contributed by atoms with Gasteiger partial charge < -0.3 is 54.9 Å². The number of anilines is 5. The number of carbonyl (C=O) groups is 1. The molecule has 248 valence electrons. The van der Waals surface area contributed by atoms with Crippen molar-refractivity contribution in [2.75, 3.05) is 53.7 Å². The third-order valence-electron chi connectivity index (χ3n) is 7.01. The van der Waals surface area contributed by atoms with Crippen LogP contribution in [-0.2, 0) is 0 Å². The Labute approximate surface area is 265 Å². The van der Waals surface area contributed by atoms with Gasteiger partial charge in [-0.25, -0.2) is 0 Å². The number of aromatic nitrogens is 3. The summed E-state index contributed by atoms with van der Waals surface area (Å²) >= 11 is 0. The number of nitrogens with one attached hydrogen (secondary N) is 2. The Morgan fingerprint density at radius 3 is 1.88 bits per heavy atom. The highest BCUT2D eigenvalue weighted by Gasteiger charge is 2.21. The number of ether oxygens (including phenoxy) is 1. The van der Waals surface area contributed by atoms with Gasteiger partial charge in [-0.2, -0.15) is 15.0 Å². The summed E-state index contributed by atoms with van der Waals surface area (Å²) in [7, 11) is 1.59. The minimum atomic E-state index is -0.422. The molecule has 0 spiro atoms. The van der Waals surface area contributed by atoms with Crippen LogP contribution >= 0.6 is 12.4 Å². The molecular formula is C28H56ClN11O3. The first-order valence-corrected chi connectivity index (χ1v) is 13.3. The number of carbonyl (C=O) groups excluding carboxylic acids is 1. The highest BCUT2D eigenvalue weighted by Crippen LogP contribution is 2.32. The van der Waals surface area contributed by atoms with Gasteiger partial charge in [0.15, 0.2) is 0 Å². The fourth-order valence-corrected chi connectivity index (χ4v) is 4.89. The molecule has 3 aromatic rings. The summed E-state index contributed by atoms with van der Waals surface area (Å²) in [6.07, 6.45) is 6.90. The molecule has 3 heterocycles. The first-order chi connectivity index (χ1) is 18.5. The lowest BCUT2D eigenvalue weighted by molar-refractivity contribution is 0.102. The molecule has 2 aliphatic rings. The Morgan fingerprint density at radius 2 is 1.37 bits per heavy atom. The first kappa shape index (κ1) is 39.0. The molecule has 2 saturated heterocycles. The van der Waals surface area contributed by atoms with Crippen molar-refractivity contribution in [3.05, 3.63) is 47.5 Å². The van der Waals surface area contributed by atoms with Crippen molar-refractivity contribution < 1.29 is 20.3 Å². The topological polar surface area (TPSA) is 256 Å². The maximum Gasteiger partial charge on any atom is 0.259 e. The van der Waals surface area contributed by atoms with Gasteiger partial charge in [-0.05, 0) is 75.3 Å². The quantitative estimate of drug-likeness (QED) is 0.140. The summed E-state index contributed by atoms with van der Waals surface area (Å²) in [4.78, 5) is 31.9. The van der Waals surface area contributed by atoms with E-state index in [1.54, 1.807) is 43.5 Å². The molecule has 43 heavy (non-hydrogen) atoms. The Bertz CT molecular complexity index is 1290. The number of hydrogen-bond acceptors (Lipinski definition) is 13. The van der Waals surface area contributed by atoms with Crippen molar-refractivity contribution >= 4 is 47.5 Å². The van der Waals surface area contributed by atoms with E-state index in [1.165, 1.54) is 12.8 Å². The normalized spacial score (nSPS) is 13.9. The van der Waals surface area contributed by atoms with Crippen LogP contribution in [0.1, 0.15) is 60.2 Å². The van der Waals surface area contributed by atoms with Crippen molar-refractivity contribution in [3.8, 4) is 11.5 Å². The van der Waals surface area contributed by atoms with E-state index in [2.05, 4.69) is 20.4 Å². The molecule has 15 N–H and O–H groups in total. The standard InChI is InChI=1S/C28H35N7O3.ClH.4H3N.4H2/c1-19-9-11-21(24(36)17-19)25(37)29-22-12-10-20(38-2)18-23(22)30-26-31-27(34-13-5-3-6-14-34)33-28(32-26)35-15-7-4-8-16-35;;;;;;;;;/h9-12,17-18,36H,3-8,13-16H2,1-2H3,(H,29,37)(H,30,31,32,33);1H;4*1H3;4*1H. The zero-order chi connectivity index (χ0) is 26.5. The summed E-state index contributed by atoms with van der Waals surface area (Å²) in [5.74, 6) is 1.87. The van der Waals surface area contributed by atoms with Crippen LogP contribution in [0.5, 0.6) is 11.5 Å². The van der Waals surface area contributed by atoms with Crippen LogP contribution in [0.3, 0.4) is 0 Å². The Morgan fingerprint density at radius 1 is 0.814 bits per heavy atom. The Balaban J connectivity index is -0.000000653. The molecule has 5 rings (SSSR count). The Hall–Kier alpha value is -3.95. The van der Waals surface area contributed by atoms with Gasteiger partial charge in [0.1, 0.15) is 11.5 Å². The zero-order valence-electron chi connectivity index (χ0n) is 25.3. The summed E-state index contributed by atoms with van der Waals surface area (Å²) in [5.41, 5.74) is 2.15. The maximum atomic E-state index is 13.0. The van der Waals surface area contributed by atoms with Crippen LogP contribution in [0, 0.1) is 6.92 Å². The van der Waals surface area contributed by atoms with Crippen LogP contribution in [0.25, 0.3) is 0 Å². The van der Waals surface area contributed by atoms with E-state index in [0.29, 0.717) is 35.0 Å². The van der Waals surface area contributed by atoms with Gasteiger partial charge in [0, 0.05) is 38.0 Å². The number of piperidine rings is 2. The lowest BCUT2D eigenvalue weighted by Crippen LogP contribution is -2.34. The van der Waals surface area contributed by atoms with E-state index in [4.69, 9.17) is 19.7 Å². The molecule has 0 atom stereocenters. The van der Waals surface area contributed by atoms with Crippen molar-refractivity contribution in [2.45, 2.75) is 45.4 Å². The molecule has 0 bridgehead atoms. The molecule has 2 aromatic carbocycles. The van der Waals surface area contributed by atoms with Crippen molar-refractivity contribution in [1.82, 2.24) is 39.6 Å². The second-order valence-electron chi connectivity index (χ2n) is 9.87. The van der Waals surface area contributed by atoms with Crippen LogP contribution < -0.4 is 49.8 Å². The number of phenolic OH excluding ortho intramolecular Hbond substituents is 1. The van der Waals surface area contributed by atoms with E-state index in [1.807, 2.05) is 6.92 Å². The first-order valence-electron chi connectivity index (χ1n) is 13.3. The fourth-order valence-electron chi connectivity index (χ4n) is 4.89. The Kier molecular flexibility index (Phi) is 16.2. The number of hydrogen-bond donors (Lipinski definition) is 7. The zero-order valence-corrected chi connectivity index (χ0v) is 26.1. The molecule has 0 radical (unpaired) electrons. The van der Waals surface area contributed by atoms with Crippen LogP contribution in [0.4, 0.5) is 29.2 Å². The van der Waals surface area contributed by atoms with E-state index in [-0.39, 0.29) is 54.0 Å². The lowest BCUT2D eigenvalue weighted by Gasteiger charge is -2.30. The molecule has 15 heteroatoms. The molecular weight excluding hydrogens is 574 g/mol. The SMILES string of the molecule is COc1ccc(NC(=O)c2ccc(C)cc2O)c(Nc2nc(N3CCCCC3)nc(N3CCCCC3)n2)c1.Cl.N.N.N.N.[HH].[HH].[HH].[HH]. The van der Waals surface area contributed by atoms with Gasteiger partial charge in [0.05, 0.1) is 24.0 Å². The summed E-state index contributed by atoms with van der Waals surface area (Å²) < 4.78 is 5.44. The van der Waals surface area contributed by atoms with Gasteiger partial charge in [0.25, 0.3) is 5.91 Å². The number of phenols is 1. The molecule has 14 nitrogen and oxygen atoms in total. The second kappa shape index (κ2) is 17.9. The summed E-state index contributed by atoms with van der Waals surface area (Å²) in [5, 5.41) is 16.5. The number of amides is 1. The number of halogens is 1. The molecule has 1 aromatic heterocycles. The highest BCUT2D eigenvalue weighted by atomic mass is 35.5. The van der Waals surface area contributed by atoms with Crippen molar-refractivity contribution in [2.24, 2.45) is 0 Å². The van der Waals surface area contributed by atoms with Gasteiger partial charge >= 0.3 is 0 Å². The average Bonchev–Trinajstić information content (AvgIpc) is 2.94. The molecule has 0 saturated carbocycles. The number of aromatic hydroxyl groups is 1. The lowest BCUT2D eigenvalue weighted by atomic mass is 10.1. The van der Waals surface area contributed by atoms with E-state index >= 15 is 0 Å². The number of rotatable bonds is 7. The number of nitrogens with zero attached hydrogens (tertiary/aromatic N) is 5. The van der Waals surface area contributed by atoms with E-state index in [0.717, 1.165) is 57.4 Å². The average molecular weight is 630 g/mol. The molecule has 1 amide bonds. The smallest absolute Gasteiger partial charge is 0.259 e. The maximum absolute atomic E-state index is 13.0. The van der Waals surface area contributed by atoms with Crippen LogP contribution in [-0.4, -0.2) is 59.3 Å². The van der Waals surface area contributed by atoms with Crippen LogP contribution in [0.15, 0.2) is 36.4 Å². The number of methoxy groups -OCH3 is 1. The number of aryl methyl sites for hydroxylation is 1. The van der Waals surface area contributed by atoms with Crippen LogP contribution in [0.2, 0.25) is 0 Å². The highest BCUT2D eigenvalue weighted by molar-refractivity contribution is 6.07. The molecule has 0 unspecified atom stereocenters. The van der Waals surface area contributed by atoms with Crippen molar-refractivity contribution in [1.29, 1.82) is 0 Å². The predicted molar refractivity (Wildman–Crippen MR) is 185 cm³/mol. The third kappa shape index (κ3) is 9.53. The number of benzene rings is 2. The van der Waals surface area contributed by atoms with Crippen molar-refractivity contribution in [3.63, 3.8) is 0 Å². The monoisotopic (exact) mass is 629 g/mol. The largest absolute Gasteiger partial charge is 0.507 e. The van der Waals surface area contributed by atoms with E-state index < -0.39 is 5.91 Å². The van der Waals surface area contributed by atoms with Gasteiger partial charge in [-0.15, -0.1) is 12.4 Å². The second-order valence-corrected chi connectivity index (χ2v) is 9.87. The minimum absolute atomic E-state index is 0. The molecule has 2 fully saturated rings. The third-order valence-corrected chi connectivity index (χ3v) is 7.01. The minimum Gasteiger partial charge on any atom is -0.507 e. The van der Waals surface area contributed by atoms with Gasteiger partial charge in [-0.3, -0.25) is 4.79 Å². The summed E-state index contributed by atoms with van der Waals surface area (Å²) in [6, 6.07) is 10.3. The van der Waals surface area contributed by atoms with Gasteiger partial charge in [-0.1, -0.05) is 6.07 Å². The molecule has 2 aliphatic heterocycles. The van der Waals surface area contributed by atoms with Gasteiger partial charge in [0.2, 0.25) is 17.8 Å².